The second kappa shape index (κ2) is 4.05. The van der Waals surface area contributed by atoms with Gasteiger partial charge < -0.3 is 9.32 Å². The van der Waals surface area contributed by atoms with Gasteiger partial charge in [0.25, 0.3) is 0 Å². The number of nitrogens with zero attached hydrogens (tertiary/aromatic N) is 1. The molecule has 2 aromatic rings. The summed E-state index contributed by atoms with van der Waals surface area (Å²) in [6.45, 7) is 1.97. The van der Waals surface area contributed by atoms with Crippen molar-refractivity contribution in [3.05, 3.63) is 39.7 Å². The Morgan fingerprint density at radius 3 is 2.53 bits per heavy atom. The number of aldehydes is 1. The fourth-order valence-electron chi connectivity index (χ4n) is 1.85. The van der Waals surface area contributed by atoms with Crippen LogP contribution in [-0.2, 0) is 0 Å². The number of benzene rings is 1. The van der Waals surface area contributed by atoms with Crippen LogP contribution in [0, 0.1) is 6.92 Å². The minimum absolute atomic E-state index is 0.0505. The van der Waals surface area contributed by atoms with Crippen molar-refractivity contribution in [1.29, 1.82) is 0 Å². The average Bonchev–Trinajstić information content (AvgIpc) is 2.27. The van der Waals surface area contributed by atoms with Gasteiger partial charge in [0.1, 0.15) is 11.1 Å². The molecular weight excluding hydrogens is 218 g/mol. The van der Waals surface area contributed by atoms with Crippen LogP contribution in [0.5, 0.6) is 0 Å². The van der Waals surface area contributed by atoms with Crippen LogP contribution in [0.3, 0.4) is 0 Å². The molecule has 0 bridgehead atoms. The van der Waals surface area contributed by atoms with E-state index in [1.807, 2.05) is 32.0 Å². The highest BCUT2D eigenvalue weighted by Gasteiger charge is 2.08. The standard InChI is InChI=1S/C13H13NO3/c1-8-4-9-5-10(7-15)13(16)17-12(9)6-11(8)14(2)3/h4-7H,1-3H3. The summed E-state index contributed by atoms with van der Waals surface area (Å²) in [4.78, 5) is 24.0. The van der Waals surface area contributed by atoms with E-state index in [0.29, 0.717) is 11.9 Å². The zero-order valence-corrected chi connectivity index (χ0v) is 9.98. The molecular formula is C13H13NO3. The van der Waals surface area contributed by atoms with Crippen LogP contribution in [0.2, 0.25) is 0 Å². The summed E-state index contributed by atoms with van der Waals surface area (Å²) < 4.78 is 5.12. The van der Waals surface area contributed by atoms with Gasteiger partial charge in [-0.1, -0.05) is 0 Å². The number of rotatable bonds is 2. The van der Waals surface area contributed by atoms with Gasteiger partial charge in [0.2, 0.25) is 0 Å². The molecule has 0 unspecified atom stereocenters. The van der Waals surface area contributed by atoms with Crippen molar-refractivity contribution in [2.24, 2.45) is 0 Å². The Morgan fingerprint density at radius 1 is 1.24 bits per heavy atom. The van der Waals surface area contributed by atoms with Crippen LogP contribution >= 0.6 is 0 Å². The molecule has 0 N–H and O–H groups in total. The first-order valence-electron chi connectivity index (χ1n) is 5.24. The Labute approximate surface area is 98.5 Å². The van der Waals surface area contributed by atoms with Gasteiger partial charge in [-0.2, -0.15) is 0 Å². The van der Waals surface area contributed by atoms with Crippen molar-refractivity contribution in [2.75, 3.05) is 19.0 Å². The van der Waals surface area contributed by atoms with Gasteiger partial charge in [0, 0.05) is 31.2 Å². The molecule has 1 aromatic heterocycles. The smallest absolute Gasteiger partial charge is 0.346 e. The zero-order valence-electron chi connectivity index (χ0n) is 9.98. The normalized spacial score (nSPS) is 10.5. The van der Waals surface area contributed by atoms with Crippen molar-refractivity contribution in [1.82, 2.24) is 0 Å². The van der Waals surface area contributed by atoms with Gasteiger partial charge >= 0.3 is 5.63 Å². The number of anilines is 1. The van der Waals surface area contributed by atoms with Gasteiger partial charge in [-0.25, -0.2) is 4.79 Å². The largest absolute Gasteiger partial charge is 0.422 e. The molecule has 4 heteroatoms. The van der Waals surface area contributed by atoms with E-state index in [-0.39, 0.29) is 5.56 Å². The van der Waals surface area contributed by atoms with E-state index in [2.05, 4.69) is 0 Å². The average molecular weight is 231 g/mol. The highest BCUT2D eigenvalue weighted by molar-refractivity contribution is 5.87. The molecule has 1 heterocycles. The predicted octanol–water partition coefficient (Wildman–Crippen LogP) is 1.98. The molecule has 0 saturated heterocycles. The van der Waals surface area contributed by atoms with E-state index < -0.39 is 5.63 Å². The SMILES string of the molecule is Cc1cc2cc(C=O)c(=O)oc2cc1N(C)C. The van der Waals surface area contributed by atoms with Crippen molar-refractivity contribution in [3.63, 3.8) is 0 Å². The summed E-state index contributed by atoms with van der Waals surface area (Å²) in [5.74, 6) is 0. The number of aryl methyl sites for hydroxylation is 1. The van der Waals surface area contributed by atoms with Crippen LogP contribution in [0.25, 0.3) is 11.0 Å². The summed E-state index contributed by atoms with van der Waals surface area (Å²) in [7, 11) is 3.85. The highest BCUT2D eigenvalue weighted by Crippen LogP contribution is 2.24. The van der Waals surface area contributed by atoms with Crippen LogP contribution in [0.1, 0.15) is 15.9 Å². The number of hydrogen-bond acceptors (Lipinski definition) is 4. The number of hydrogen-bond donors (Lipinski definition) is 0. The Bertz CT molecular complexity index is 641. The van der Waals surface area contributed by atoms with Crippen LogP contribution < -0.4 is 10.5 Å². The number of carbonyl (C=O) groups is 1. The Kier molecular flexibility index (Phi) is 2.71. The maximum Gasteiger partial charge on any atom is 0.346 e. The van der Waals surface area contributed by atoms with E-state index in [9.17, 15) is 9.59 Å². The van der Waals surface area contributed by atoms with Gasteiger partial charge in [0.15, 0.2) is 6.29 Å². The molecule has 0 amide bonds. The Balaban J connectivity index is 2.79. The van der Waals surface area contributed by atoms with E-state index in [1.54, 1.807) is 12.1 Å². The van der Waals surface area contributed by atoms with Gasteiger partial charge in [0.05, 0.1) is 0 Å². The number of carbonyl (C=O) groups excluding carboxylic acids is 1. The topological polar surface area (TPSA) is 50.5 Å². The van der Waals surface area contributed by atoms with Crippen LogP contribution in [0.15, 0.2) is 27.4 Å². The maximum absolute atomic E-state index is 11.4. The summed E-state index contributed by atoms with van der Waals surface area (Å²) in [6.07, 6.45) is 0.514. The van der Waals surface area contributed by atoms with E-state index in [4.69, 9.17) is 4.42 Å². The van der Waals surface area contributed by atoms with Gasteiger partial charge in [-0.3, -0.25) is 4.79 Å². The summed E-state index contributed by atoms with van der Waals surface area (Å²) >= 11 is 0. The van der Waals surface area contributed by atoms with E-state index in [1.165, 1.54) is 0 Å². The highest BCUT2D eigenvalue weighted by atomic mass is 16.4. The molecule has 0 atom stereocenters. The van der Waals surface area contributed by atoms with Crippen molar-refractivity contribution < 1.29 is 9.21 Å². The predicted molar refractivity (Wildman–Crippen MR) is 66.9 cm³/mol. The lowest BCUT2D eigenvalue weighted by Gasteiger charge is -2.15. The molecule has 0 aliphatic carbocycles. The molecule has 88 valence electrons. The molecule has 0 fully saturated rings. The summed E-state index contributed by atoms with van der Waals surface area (Å²) in [5.41, 5.74) is 2.00. The zero-order chi connectivity index (χ0) is 12.6. The van der Waals surface area contributed by atoms with Crippen LogP contribution in [0.4, 0.5) is 5.69 Å². The maximum atomic E-state index is 11.4. The molecule has 0 radical (unpaired) electrons. The summed E-state index contributed by atoms with van der Waals surface area (Å²) in [6, 6.07) is 5.27. The molecule has 0 aliphatic heterocycles. The minimum Gasteiger partial charge on any atom is -0.422 e. The third kappa shape index (κ3) is 1.93. The lowest BCUT2D eigenvalue weighted by atomic mass is 10.1. The molecule has 2 rings (SSSR count). The van der Waals surface area contributed by atoms with Gasteiger partial charge in [-0.05, 0) is 24.6 Å². The monoisotopic (exact) mass is 231 g/mol. The minimum atomic E-state index is -0.596. The number of fused-ring (bicyclic) bond motifs is 1. The Hall–Kier alpha value is -2.10. The van der Waals surface area contributed by atoms with E-state index >= 15 is 0 Å². The molecule has 0 spiro atoms. The van der Waals surface area contributed by atoms with Crippen molar-refractivity contribution >= 4 is 22.9 Å². The molecule has 4 nitrogen and oxygen atoms in total. The van der Waals surface area contributed by atoms with E-state index in [0.717, 1.165) is 16.6 Å². The van der Waals surface area contributed by atoms with Crippen molar-refractivity contribution in [3.8, 4) is 0 Å². The fraction of sp³-hybridized carbons (Fsp3) is 0.231. The summed E-state index contributed by atoms with van der Waals surface area (Å²) in [5, 5.41) is 0.759. The third-order valence-electron chi connectivity index (χ3n) is 2.69. The fourth-order valence-corrected chi connectivity index (χ4v) is 1.85. The first-order chi connectivity index (χ1) is 8.02. The first kappa shape index (κ1) is 11.4. The van der Waals surface area contributed by atoms with Crippen LogP contribution in [-0.4, -0.2) is 20.4 Å². The molecule has 1 aromatic carbocycles. The molecule has 0 aliphatic rings. The second-order valence-corrected chi connectivity index (χ2v) is 4.18. The second-order valence-electron chi connectivity index (χ2n) is 4.18. The lowest BCUT2D eigenvalue weighted by molar-refractivity contribution is 0.112. The van der Waals surface area contributed by atoms with Gasteiger partial charge in [-0.15, -0.1) is 0 Å². The third-order valence-corrected chi connectivity index (χ3v) is 2.69. The molecule has 0 saturated carbocycles. The molecule has 17 heavy (non-hydrogen) atoms. The quantitative estimate of drug-likeness (QED) is 0.585. The first-order valence-corrected chi connectivity index (χ1v) is 5.24. The Morgan fingerprint density at radius 2 is 1.94 bits per heavy atom. The van der Waals surface area contributed by atoms with Crippen molar-refractivity contribution in [2.45, 2.75) is 6.92 Å². The lowest BCUT2D eigenvalue weighted by Crippen LogP contribution is -2.11.